The van der Waals surface area contributed by atoms with E-state index in [0.717, 1.165) is 0 Å². The zero-order valence-corrected chi connectivity index (χ0v) is 17.8. The van der Waals surface area contributed by atoms with Gasteiger partial charge >= 0.3 is 6.61 Å². The van der Waals surface area contributed by atoms with Gasteiger partial charge in [-0.3, -0.25) is 4.99 Å². The highest BCUT2D eigenvalue weighted by atomic mass is 127. The van der Waals surface area contributed by atoms with Crippen molar-refractivity contribution in [3.05, 3.63) is 29.8 Å². The molecule has 0 aliphatic rings. The molecular weight excluding hydrogens is 481 g/mol. The van der Waals surface area contributed by atoms with Crippen LogP contribution in [0.5, 0.6) is 5.75 Å². The molecule has 0 aromatic heterocycles. The number of hydrogen-bond donors (Lipinski definition) is 3. The van der Waals surface area contributed by atoms with E-state index in [0.29, 0.717) is 31.0 Å². The molecule has 1 aromatic rings. The molecule has 7 nitrogen and oxygen atoms in total. The lowest BCUT2D eigenvalue weighted by Gasteiger charge is -2.14. The molecule has 0 aliphatic carbocycles. The summed E-state index contributed by atoms with van der Waals surface area (Å²) in [4.78, 5) is 4.02. The largest absolute Gasteiger partial charge is 0.434 e. The molecule has 0 spiro atoms. The molecule has 0 aliphatic heterocycles. The highest BCUT2D eigenvalue weighted by Gasteiger charge is 2.09. The van der Waals surface area contributed by atoms with Crippen LogP contribution in [0.25, 0.3) is 0 Å². The second-order valence-electron chi connectivity index (χ2n) is 4.99. The first kappa shape index (κ1) is 24.8. The summed E-state index contributed by atoms with van der Waals surface area (Å²) >= 11 is 0. The first-order chi connectivity index (χ1) is 11.9. The molecule has 0 heterocycles. The lowest BCUT2D eigenvalue weighted by atomic mass is 10.2. The second kappa shape index (κ2) is 13.0. The molecular formula is C15H25F2IN4O3S. The number of halogens is 3. The van der Waals surface area contributed by atoms with Crippen molar-refractivity contribution in [2.24, 2.45) is 4.99 Å². The maximum atomic E-state index is 12.4. The van der Waals surface area contributed by atoms with Crippen LogP contribution >= 0.6 is 24.0 Å². The number of nitrogens with one attached hydrogen (secondary N) is 3. The highest BCUT2D eigenvalue weighted by Crippen LogP contribution is 2.19. The minimum atomic E-state index is -3.19. The molecule has 26 heavy (non-hydrogen) atoms. The Hall–Kier alpha value is -1.21. The monoisotopic (exact) mass is 506 g/mol. The predicted molar refractivity (Wildman–Crippen MR) is 109 cm³/mol. The molecule has 0 bridgehead atoms. The van der Waals surface area contributed by atoms with Crippen molar-refractivity contribution in [1.29, 1.82) is 0 Å². The van der Waals surface area contributed by atoms with Crippen molar-refractivity contribution in [1.82, 2.24) is 15.4 Å². The summed E-state index contributed by atoms with van der Waals surface area (Å²) in [5.41, 5.74) is 0.571. The summed E-state index contributed by atoms with van der Waals surface area (Å²) in [6, 6.07) is 6.49. The number of aliphatic imine (C=N–C) groups is 1. The van der Waals surface area contributed by atoms with E-state index in [9.17, 15) is 17.2 Å². The number of guanidine groups is 1. The third-order valence-corrected chi connectivity index (χ3v) is 4.61. The summed E-state index contributed by atoms with van der Waals surface area (Å²) in [7, 11) is -1.61. The van der Waals surface area contributed by atoms with E-state index in [1.807, 2.05) is 0 Å². The molecule has 11 heteroatoms. The molecule has 0 amide bonds. The lowest BCUT2D eigenvalue weighted by molar-refractivity contribution is -0.0504. The van der Waals surface area contributed by atoms with Gasteiger partial charge in [-0.05, 0) is 19.4 Å². The summed E-state index contributed by atoms with van der Waals surface area (Å²) < 4.78 is 54.3. The van der Waals surface area contributed by atoms with E-state index in [4.69, 9.17) is 0 Å². The zero-order chi connectivity index (χ0) is 18.7. The topological polar surface area (TPSA) is 91.8 Å². The fraction of sp³-hybridized carbons (Fsp3) is 0.533. The quantitative estimate of drug-likeness (QED) is 0.195. The Morgan fingerprint density at radius 2 is 1.92 bits per heavy atom. The Bertz CT molecular complexity index is 660. The van der Waals surface area contributed by atoms with Gasteiger partial charge in [-0.2, -0.15) is 8.78 Å². The van der Waals surface area contributed by atoms with Crippen molar-refractivity contribution in [2.75, 3.05) is 25.9 Å². The Morgan fingerprint density at radius 1 is 1.23 bits per heavy atom. The van der Waals surface area contributed by atoms with Gasteiger partial charge in [0, 0.05) is 32.2 Å². The third-order valence-electron chi connectivity index (χ3n) is 3.21. The Balaban J connectivity index is 0.00000625. The number of nitrogens with zero attached hydrogens (tertiary/aromatic N) is 1. The number of para-hydroxylation sites is 1. The highest BCUT2D eigenvalue weighted by molar-refractivity contribution is 14.0. The molecule has 1 rings (SSSR count). The van der Waals surface area contributed by atoms with Crippen LogP contribution < -0.4 is 20.1 Å². The Kier molecular flexibility index (Phi) is 12.4. The smallest absolute Gasteiger partial charge is 0.387 e. The van der Waals surface area contributed by atoms with Gasteiger partial charge in [-0.1, -0.05) is 18.2 Å². The van der Waals surface area contributed by atoms with Crippen LogP contribution in [0.3, 0.4) is 0 Å². The molecule has 1 aromatic carbocycles. The number of alkyl halides is 2. The predicted octanol–water partition coefficient (Wildman–Crippen LogP) is 1.90. The fourth-order valence-corrected chi connectivity index (χ4v) is 2.54. The average Bonchev–Trinajstić information content (AvgIpc) is 2.58. The van der Waals surface area contributed by atoms with Gasteiger partial charge in [-0.25, -0.2) is 13.1 Å². The molecule has 0 unspecified atom stereocenters. The van der Waals surface area contributed by atoms with Gasteiger partial charge < -0.3 is 15.4 Å². The molecule has 0 radical (unpaired) electrons. The normalized spacial score (nSPS) is 11.8. The molecule has 0 saturated heterocycles. The van der Waals surface area contributed by atoms with Gasteiger partial charge in [0.05, 0.1) is 5.75 Å². The van der Waals surface area contributed by atoms with Gasteiger partial charge in [0.1, 0.15) is 5.75 Å². The molecule has 150 valence electrons. The first-order valence-corrected chi connectivity index (χ1v) is 9.47. The second-order valence-corrected chi connectivity index (χ2v) is 7.09. The van der Waals surface area contributed by atoms with Crippen LogP contribution in [0.4, 0.5) is 8.78 Å². The van der Waals surface area contributed by atoms with Gasteiger partial charge in [0.25, 0.3) is 0 Å². The number of ether oxygens (including phenoxy) is 1. The summed E-state index contributed by atoms with van der Waals surface area (Å²) in [6.07, 6.45) is 0.574. The van der Waals surface area contributed by atoms with Crippen LogP contribution in [-0.4, -0.2) is 46.9 Å². The number of rotatable bonds is 10. The van der Waals surface area contributed by atoms with Crippen LogP contribution in [0, 0.1) is 0 Å². The number of sulfonamides is 1. The summed E-state index contributed by atoms with van der Waals surface area (Å²) in [5, 5.41) is 6.01. The van der Waals surface area contributed by atoms with E-state index in [-0.39, 0.29) is 42.0 Å². The van der Waals surface area contributed by atoms with Crippen LogP contribution in [0.2, 0.25) is 0 Å². The minimum Gasteiger partial charge on any atom is -0.434 e. The SMILES string of the molecule is CCS(=O)(=O)NCCCNC(=NC)NCc1ccccc1OC(F)F.I. The van der Waals surface area contributed by atoms with E-state index < -0.39 is 16.6 Å². The van der Waals surface area contributed by atoms with Crippen molar-refractivity contribution in [3.63, 3.8) is 0 Å². The zero-order valence-electron chi connectivity index (χ0n) is 14.7. The maximum absolute atomic E-state index is 12.4. The van der Waals surface area contributed by atoms with E-state index in [1.54, 1.807) is 32.2 Å². The molecule has 0 saturated carbocycles. The van der Waals surface area contributed by atoms with Crippen molar-refractivity contribution < 1.29 is 21.9 Å². The molecule has 0 atom stereocenters. The standard InChI is InChI=1S/C15H24F2N4O3S.HI/c1-3-25(22,23)21-10-6-9-19-15(18-2)20-11-12-7-4-5-8-13(12)24-14(16)17;/h4-5,7-8,14,21H,3,6,9-11H2,1-2H3,(H2,18,19,20);1H. The van der Waals surface area contributed by atoms with Crippen molar-refractivity contribution in [2.45, 2.75) is 26.5 Å². The van der Waals surface area contributed by atoms with E-state index in [1.165, 1.54) is 6.07 Å². The van der Waals surface area contributed by atoms with Crippen LogP contribution in [-0.2, 0) is 16.6 Å². The summed E-state index contributed by atoms with van der Waals surface area (Å²) in [6.45, 7) is -0.232. The van der Waals surface area contributed by atoms with Crippen LogP contribution in [0.1, 0.15) is 18.9 Å². The van der Waals surface area contributed by atoms with E-state index >= 15 is 0 Å². The van der Waals surface area contributed by atoms with Gasteiger partial charge in [0.15, 0.2) is 5.96 Å². The number of benzene rings is 1. The first-order valence-electron chi connectivity index (χ1n) is 7.82. The van der Waals surface area contributed by atoms with Gasteiger partial charge in [-0.15, -0.1) is 24.0 Å². The summed E-state index contributed by atoms with van der Waals surface area (Å²) in [5.74, 6) is 0.628. The van der Waals surface area contributed by atoms with Crippen molar-refractivity contribution >= 4 is 40.0 Å². The lowest BCUT2D eigenvalue weighted by Crippen LogP contribution is -2.38. The Morgan fingerprint density at radius 3 is 2.54 bits per heavy atom. The van der Waals surface area contributed by atoms with Crippen molar-refractivity contribution in [3.8, 4) is 5.75 Å². The molecule has 3 N–H and O–H groups in total. The van der Waals surface area contributed by atoms with Crippen LogP contribution in [0.15, 0.2) is 29.3 Å². The average molecular weight is 506 g/mol. The third kappa shape index (κ3) is 10.1. The minimum absolute atomic E-state index is 0. The molecule has 0 fully saturated rings. The van der Waals surface area contributed by atoms with Gasteiger partial charge in [0.2, 0.25) is 10.0 Å². The fourth-order valence-electron chi connectivity index (χ4n) is 1.89. The number of hydrogen-bond acceptors (Lipinski definition) is 4. The Labute approximate surface area is 170 Å². The maximum Gasteiger partial charge on any atom is 0.387 e. The van der Waals surface area contributed by atoms with E-state index in [2.05, 4.69) is 25.1 Å².